The van der Waals surface area contributed by atoms with Gasteiger partial charge in [0.15, 0.2) is 0 Å². The number of esters is 1. The maximum absolute atomic E-state index is 13.3. The lowest BCUT2D eigenvalue weighted by atomic mass is 9.95. The van der Waals surface area contributed by atoms with Crippen LogP contribution in [0.25, 0.3) is 0 Å². The van der Waals surface area contributed by atoms with E-state index in [4.69, 9.17) is 4.74 Å². The Labute approximate surface area is 116 Å². The van der Waals surface area contributed by atoms with Gasteiger partial charge in [-0.05, 0) is 24.6 Å². The van der Waals surface area contributed by atoms with E-state index in [-0.39, 0.29) is 6.03 Å². The smallest absolute Gasteiger partial charge is 0.337 e. The quantitative estimate of drug-likeness (QED) is 0.841. The Kier molecular flexibility index (Phi) is 3.74. The molecule has 1 aromatic rings. The number of urea groups is 1. The number of allylic oxidation sites excluding steroid dienone is 1. The highest BCUT2D eigenvalue weighted by molar-refractivity contribution is 5.94. The van der Waals surface area contributed by atoms with Crippen molar-refractivity contribution in [3.63, 3.8) is 0 Å². The van der Waals surface area contributed by atoms with Gasteiger partial charge in [0.25, 0.3) is 0 Å². The molecular weight excluding hydrogens is 263 g/mol. The van der Waals surface area contributed by atoms with Crippen LogP contribution < -0.4 is 5.32 Å². The van der Waals surface area contributed by atoms with Gasteiger partial charge in [-0.25, -0.2) is 14.0 Å². The monoisotopic (exact) mass is 278 g/mol. The first-order valence-corrected chi connectivity index (χ1v) is 6.04. The van der Waals surface area contributed by atoms with Crippen LogP contribution in [0.5, 0.6) is 0 Å². The fourth-order valence-corrected chi connectivity index (χ4v) is 2.15. The fraction of sp³-hybridized carbons (Fsp3) is 0.286. The number of halogens is 1. The van der Waals surface area contributed by atoms with Crippen LogP contribution in [0.3, 0.4) is 0 Å². The molecule has 0 aromatic heterocycles. The van der Waals surface area contributed by atoms with Crippen LogP contribution in [-0.2, 0) is 9.53 Å². The summed E-state index contributed by atoms with van der Waals surface area (Å²) in [5, 5.41) is 2.67. The number of amides is 2. The third-order valence-corrected chi connectivity index (χ3v) is 3.34. The summed E-state index contributed by atoms with van der Waals surface area (Å²) in [6.45, 7) is 1.65. The first kappa shape index (κ1) is 14.0. The van der Waals surface area contributed by atoms with E-state index >= 15 is 0 Å². The second-order valence-electron chi connectivity index (χ2n) is 4.49. The average Bonchev–Trinajstić information content (AvgIpc) is 2.43. The predicted octanol–water partition coefficient (Wildman–Crippen LogP) is 1.97. The standard InChI is InChI=1S/C14H15FN2O3/c1-8-11(13(18)20-3)12(16-14(19)17(8)2)9-5-4-6-10(15)7-9/h4-7,12H,1-3H3,(H,16,19)/t12-/m0/s1. The van der Waals surface area contributed by atoms with Gasteiger partial charge in [-0.3, -0.25) is 0 Å². The number of methoxy groups -OCH3 is 1. The molecule has 1 aliphatic heterocycles. The summed E-state index contributed by atoms with van der Waals surface area (Å²) in [5.74, 6) is -0.985. The summed E-state index contributed by atoms with van der Waals surface area (Å²) in [7, 11) is 2.82. The Morgan fingerprint density at radius 1 is 1.45 bits per heavy atom. The molecule has 5 nitrogen and oxygen atoms in total. The Balaban J connectivity index is 2.55. The lowest BCUT2D eigenvalue weighted by Crippen LogP contribution is -2.46. The number of carbonyl (C=O) groups excluding carboxylic acids is 2. The van der Waals surface area contributed by atoms with Crippen molar-refractivity contribution in [2.45, 2.75) is 13.0 Å². The van der Waals surface area contributed by atoms with Gasteiger partial charge in [0.1, 0.15) is 5.82 Å². The average molecular weight is 278 g/mol. The second-order valence-corrected chi connectivity index (χ2v) is 4.49. The van der Waals surface area contributed by atoms with Crippen molar-refractivity contribution in [3.05, 3.63) is 46.9 Å². The summed E-state index contributed by atoms with van der Waals surface area (Å²) < 4.78 is 18.1. The molecule has 1 atom stereocenters. The minimum Gasteiger partial charge on any atom is -0.466 e. The van der Waals surface area contributed by atoms with Crippen molar-refractivity contribution in [2.75, 3.05) is 14.2 Å². The van der Waals surface area contributed by atoms with E-state index < -0.39 is 17.8 Å². The normalized spacial score (nSPS) is 18.9. The Bertz CT molecular complexity index is 598. The van der Waals surface area contributed by atoms with Gasteiger partial charge in [-0.15, -0.1) is 0 Å². The molecule has 0 fully saturated rings. The number of nitrogens with one attached hydrogen (secondary N) is 1. The molecule has 0 saturated heterocycles. The van der Waals surface area contributed by atoms with Gasteiger partial charge in [0, 0.05) is 12.7 Å². The first-order chi connectivity index (χ1) is 9.45. The van der Waals surface area contributed by atoms with Crippen molar-refractivity contribution < 1.29 is 18.7 Å². The molecule has 0 spiro atoms. The number of ether oxygens (including phenoxy) is 1. The molecule has 0 saturated carbocycles. The highest BCUT2D eigenvalue weighted by Crippen LogP contribution is 2.30. The Morgan fingerprint density at radius 2 is 2.15 bits per heavy atom. The van der Waals surface area contributed by atoms with Crippen LogP contribution in [0.15, 0.2) is 35.5 Å². The third-order valence-electron chi connectivity index (χ3n) is 3.34. The molecule has 20 heavy (non-hydrogen) atoms. The summed E-state index contributed by atoms with van der Waals surface area (Å²) in [5.41, 5.74) is 1.27. The fourth-order valence-electron chi connectivity index (χ4n) is 2.15. The molecule has 1 aromatic carbocycles. The molecule has 0 unspecified atom stereocenters. The first-order valence-electron chi connectivity index (χ1n) is 6.04. The lowest BCUT2D eigenvalue weighted by molar-refractivity contribution is -0.136. The van der Waals surface area contributed by atoms with E-state index in [2.05, 4.69) is 5.32 Å². The van der Waals surface area contributed by atoms with Gasteiger partial charge in [0.05, 0.1) is 18.7 Å². The Hall–Kier alpha value is -2.37. The molecule has 2 amide bonds. The lowest BCUT2D eigenvalue weighted by Gasteiger charge is -2.33. The van der Waals surface area contributed by atoms with Gasteiger partial charge in [-0.1, -0.05) is 12.1 Å². The van der Waals surface area contributed by atoms with Crippen molar-refractivity contribution in [1.29, 1.82) is 0 Å². The van der Waals surface area contributed by atoms with E-state index in [1.54, 1.807) is 20.0 Å². The summed E-state index contributed by atoms with van der Waals surface area (Å²) in [6.07, 6.45) is 0. The zero-order chi connectivity index (χ0) is 14.9. The van der Waals surface area contributed by atoms with Crippen molar-refractivity contribution in [1.82, 2.24) is 10.2 Å². The van der Waals surface area contributed by atoms with E-state index in [0.29, 0.717) is 16.8 Å². The van der Waals surface area contributed by atoms with Crippen molar-refractivity contribution in [2.24, 2.45) is 0 Å². The molecular formula is C14H15FN2O3. The number of hydrogen-bond donors (Lipinski definition) is 1. The van der Waals surface area contributed by atoms with Crippen LogP contribution in [0.4, 0.5) is 9.18 Å². The van der Waals surface area contributed by atoms with Gasteiger partial charge >= 0.3 is 12.0 Å². The molecule has 1 aliphatic rings. The largest absolute Gasteiger partial charge is 0.466 e. The van der Waals surface area contributed by atoms with Crippen molar-refractivity contribution >= 4 is 12.0 Å². The summed E-state index contributed by atoms with van der Waals surface area (Å²) >= 11 is 0. The maximum atomic E-state index is 13.3. The zero-order valence-corrected chi connectivity index (χ0v) is 11.4. The summed E-state index contributed by atoms with van der Waals surface area (Å²) in [6, 6.07) is 4.68. The SMILES string of the molecule is COC(=O)C1=C(C)N(C)C(=O)N[C@H]1c1cccc(F)c1. The molecule has 106 valence electrons. The van der Waals surface area contributed by atoms with Gasteiger partial charge < -0.3 is 15.0 Å². The van der Waals surface area contributed by atoms with Crippen LogP contribution in [0, 0.1) is 5.82 Å². The minimum atomic E-state index is -0.721. The minimum absolute atomic E-state index is 0.292. The van der Waals surface area contributed by atoms with Crippen LogP contribution in [0.1, 0.15) is 18.5 Å². The highest BCUT2D eigenvalue weighted by Gasteiger charge is 2.34. The number of rotatable bonds is 2. The van der Waals surface area contributed by atoms with E-state index in [1.807, 2.05) is 0 Å². The number of nitrogens with zero attached hydrogens (tertiary/aromatic N) is 1. The molecule has 6 heteroatoms. The van der Waals surface area contributed by atoms with Crippen LogP contribution in [-0.4, -0.2) is 31.1 Å². The highest BCUT2D eigenvalue weighted by atomic mass is 19.1. The molecule has 0 radical (unpaired) electrons. The molecule has 1 heterocycles. The number of hydrogen-bond acceptors (Lipinski definition) is 3. The predicted molar refractivity (Wildman–Crippen MR) is 70.2 cm³/mol. The van der Waals surface area contributed by atoms with Gasteiger partial charge in [-0.2, -0.15) is 0 Å². The molecule has 0 bridgehead atoms. The van der Waals surface area contributed by atoms with E-state index in [0.717, 1.165) is 0 Å². The summed E-state index contributed by atoms with van der Waals surface area (Å²) in [4.78, 5) is 25.1. The van der Waals surface area contributed by atoms with Gasteiger partial charge in [0.2, 0.25) is 0 Å². The van der Waals surface area contributed by atoms with E-state index in [9.17, 15) is 14.0 Å². The molecule has 1 N–H and O–H groups in total. The topological polar surface area (TPSA) is 58.6 Å². The maximum Gasteiger partial charge on any atom is 0.337 e. The Morgan fingerprint density at radius 3 is 2.75 bits per heavy atom. The number of benzene rings is 1. The molecule has 0 aliphatic carbocycles. The van der Waals surface area contributed by atoms with E-state index in [1.165, 1.54) is 30.2 Å². The number of carbonyl (C=O) groups is 2. The van der Waals surface area contributed by atoms with Crippen LogP contribution >= 0.6 is 0 Å². The van der Waals surface area contributed by atoms with Crippen molar-refractivity contribution in [3.8, 4) is 0 Å². The van der Waals surface area contributed by atoms with Crippen LogP contribution in [0.2, 0.25) is 0 Å². The third kappa shape index (κ3) is 2.36. The second kappa shape index (κ2) is 5.32. The zero-order valence-electron chi connectivity index (χ0n) is 11.4. The molecule has 2 rings (SSSR count).